The van der Waals surface area contributed by atoms with Gasteiger partial charge in [-0.3, -0.25) is 0 Å². The zero-order chi connectivity index (χ0) is 17.6. The average Bonchev–Trinajstić information content (AvgIpc) is 3.00. The maximum absolute atomic E-state index is 2.57. The molecule has 0 heterocycles. The van der Waals surface area contributed by atoms with Gasteiger partial charge in [-0.05, 0) is 66.7 Å². The molecule has 0 nitrogen and oxygen atoms in total. The Morgan fingerprint density at radius 3 is 1.88 bits per heavy atom. The van der Waals surface area contributed by atoms with E-state index in [1.54, 1.807) is 22.3 Å². The maximum atomic E-state index is 2.57. The highest BCUT2D eigenvalue weighted by molar-refractivity contribution is 5.81. The summed E-state index contributed by atoms with van der Waals surface area (Å²) in [5.41, 5.74) is 8.18. The van der Waals surface area contributed by atoms with Gasteiger partial charge in [0.25, 0.3) is 0 Å². The Kier molecular flexibility index (Phi) is 4.18. The lowest BCUT2D eigenvalue weighted by Crippen LogP contribution is -2.44. The Morgan fingerprint density at radius 2 is 1.23 bits per heavy atom. The Morgan fingerprint density at radius 1 is 0.654 bits per heavy atom. The van der Waals surface area contributed by atoms with E-state index in [4.69, 9.17) is 0 Å². The SMILES string of the molecule is Cc1ccc2c(c1)C(C1CCCCC1)(C1CCCCC1)c1ccccc1-2. The fraction of sp³-hybridized carbons (Fsp3) is 0.538. The van der Waals surface area contributed by atoms with Crippen LogP contribution in [0.5, 0.6) is 0 Å². The van der Waals surface area contributed by atoms with E-state index >= 15 is 0 Å². The largest absolute Gasteiger partial charge is 0.0619 e. The summed E-state index contributed by atoms with van der Waals surface area (Å²) >= 11 is 0. The molecule has 0 spiro atoms. The Bertz CT molecular complexity index is 769. The fourth-order valence-electron chi connectivity index (χ4n) is 6.79. The highest BCUT2D eigenvalue weighted by Gasteiger charge is 2.53. The first kappa shape index (κ1) is 16.6. The van der Waals surface area contributed by atoms with E-state index < -0.39 is 0 Å². The predicted octanol–water partition coefficient (Wildman–Crippen LogP) is 7.42. The van der Waals surface area contributed by atoms with Crippen molar-refractivity contribution in [2.45, 2.75) is 76.5 Å². The molecule has 2 saturated carbocycles. The number of hydrogen-bond acceptors (Lipinski definition) is 0. The summed E-state index contributed by atoms with van der Waals surface area (Å²) in [6.45, 7) is 2.29. The fourth-order valence-corrected chi connectivity index (χ4v) is 6.79. The van der Waals surface area contributed by atoms with Crippen molar-refractivity contribution >= 4 is 0 Å². The third kappa shape index (κ3) is 2.34. The predicted molar refractivity (Wildman–Crippen MR) is 111 cm³/mol. The molecule has 26 heavy (non-hydrogen) atoms. The number of benzene rings is 2. The van der Waals surface area contributed by atoms with E-state index in [0.29, 0.717) is 5.41 Å². The van der Waals surface area contributed by atoms with Crippen LogP contribution in [0.4, 0.5) is 0 Å². The van der Waals surface area contributed by atoms with Gasteiger partial charge < -0.3 is 0 Å². The third-order valence-electron chi connectivity index (χ3n) is 7.78. The summed E-state index contributed by atoms with van der Waals surface area (Å²) < 4.78 is 0. The quantitative estimate of drug-likeness (QED) is 0.531. The molecule has 2 aromatic rings. The van der Waals surface area contributed by atoms with Crippen LogP contribution in [0, 0.1) is 18.8 Å². The minimum Gasteiger partial charge on any atom is -0.0619 e. The standard InChI is InChI=1S/C26H32/c1-19-16-17-23-22-14-8-9-15-24(22)26(25(23)18-19,20-10-4-2-5-11-20)21-12-6-3-7-13-21/h8-9,14-18,20-21H,2-7,10-13H2,1H3. The molecular weight excluding hydrogens is 312 g/mol. The van der Waals surface area contributed by atoms with E-state index in [1.807, 2.05) is 0 Å². The number of aryl methyl sites for hydroxylation is 1. The van der Waals surface area contributed by atoms with Gasteiger partial charge in [0.15, 0.2) is 0 Å². The molecule has 0 N–H and O–H groups in total. The zero-order valence-electron chi connectivity index (χ0n) is 16.3. The van der Waals surface area contributed by atoms with Crippen molar-refractivity contribution in [3.05, 3.63) is 59.2 Å². The number of fused-ring (bicyclic) bond motifs is 3. The minimum atomic E-state index is 0.290. The van der Waals surface area contributed by atoms with Gasteiger partial charge in [-0.15, -0.1) is 0 Å². The summed E-state index contributed by atoms with van der Waals surface area (Å²) in [5.74, 6) is 1.67. The van der Waals surface area contributed by atoms with Gasteiger partial charge in [0.05, 0.1) is 0 Å². The molecule has 3 aliphatic carbocycles. The van der Waals surface area contributed by atoms with E-state index in [-0.39, 0.29) is 0 Å². The van der Waals surface area contributed by atoms with Crippen molar-refractivity contribution in [3.8, 4) is 11.1 Å². The Labute approximate surface area is 159 Å². The Hall–Kier alpha value is -1.56. The molecule has 2 fully saturated rings. The normalized spacial score (nSPS) is 22.8. The Balaban J connectivity index is 1.78. The molecule has 5 rings (SSSR count). The monoisotopic (exact) mass is 344 g/mol. The molecule has 0 aliphatic heterocycles. The third-order valence-corrected chi connectivity index (χ3v) is 7.78. The number of hydrogen-bond donors (Lipinski definition) is 0. The van der Waals surface area contributed by atoms with Crippen molar-refractivity contribution < 1.29 is 0 Å². The van der Waals surface area contributed by atoms with Crippen molar-refractivity contribution in [2.75, 3.05) is 0 Å². The van der Waals surface area contributed by atoms with Gasteiger partial charge in [0.1, 0.15) is 0 Å². The van der Waals surface area contributed by atoms with Gasteiger partial charge in [-0.25, -0.2) is 0 Å². The van der Waals surface area contributed by atoms with Crippen LogP contribution in [-0.2, 0) is 5.41 Å². The van der Waals surface area contributed by atoms with Crippen LogP contribution in [0.3, 0.4) is 0 Å². The van der Waals surface area contributed by atoms with Gasteiger partial charge in [0, 0.05) is 5.41 Å². The van der Waals surface area contributed by atoms with Crippen LogP contribution >= 0.6 is 0 Å². The molecule has 2 aromatic carbocycles. The van der Waals surface area contributed by atoms with Crippen molar-refractivity contribution in [2.24, 2.45) is 11.8 Å². The van der Waals surface area contributed by atoms with Crippen molar-refractivity contribution in [1.82, 2.24) is 0 Å². The summed E-state index contributed by atoms with van der Waals surface area (Å²) in [6, 6.07) is 16.8. The van der Waals surface area contributed by atoms with Crippen LogP contribution in [0.25, 0.3) is 11.1 Å². The zero-order valence-corrected chi connectivity index (χ0v) is 16.3. The van der Waals surface area contributed by atoms with Crippen molar-refractivity contribution in [3.63, 3.8) is 0 Å². The molecule has 0 aromatic heterocycles. The van der Waals surface area contributed by atoms with E-state index in [1.165, 1.54) is 69.8 Å². The van der Waals surface area contributed by atoms with Gasteiger partial charge >= 0.3 is 0 Å². The van der Waals surface area contributed by atoms with Crippen LogP contribution in [0.15, 0.2) is 42.5 Å². The topological polar surface area (TPSA) is 0 Å². The lowest BCUT2D eigenvalue weighted by atomic mass is 9.54. The van der Waals surface area contributed by atoms with Crippen LogP contribution in [0.1, 0.15) is 80.9 Å². The lowest BCUT2D eigenvalue weighted by Gasteiger charge is -2.49. The smallest absolute Gasteiger partial charge is 0.0271 e. The molecule has 0 saturated heterocycles. The molecule has 136 valence electrons. The summed E-state index contributed by atoms with van der Waals surface area (Å²) in [4.78, 5) is 0. The van der Waals surface area contributed by atoms with Crippen LogP contribution in [0.2, 0.25) is 0 Å². The highest BCUT2D eigenvalue weighted by atomic mass is 14.6. The van der Waals surface area contributed by atoms with Crippen molar-refractivity contribution in [1.29, 1.82) is 0 Å². The average molecular weight is 345 g/mol. The second-order valence-corrected chi connectivity index (χ2v) is 9.13. The molecule has 0 unspecified atom stereocenters. The summed E-state index contributed by atoms with van der Waals surface area (Å²) in [6.07, 6.45) is 14.3. The number of rotatable bonds is 2. The van der Waals surface area contributed by atoms with E-state index in [2.05, 4.69) is 49.4 Å². The van der Waals surface area contributed by atoms with Crippen LogP contribution < -0.4 is 0 Å². The van der Waals surface area contributed by atoms with E-state index in [0.717, 1.165) is 11.8 Å². The molecule has 0 bridgehead atoms. The lowest BCUT2D eigenvalue weighted by molar-refractivity contribution is 0.137. The minimum absolute atomic E-state index is 0.290. The first-order valence-corrected chi connectivity index (χ1v) is 11.0. The highest BCUT2D eigenvalue weighted by Crippen LogP contribution is 2.61. The second kappa shape index (κ2) is 6.55. The molecular formula is C26H32. The van der Waals surface area contributed by atoms with Gasteiger partial charge in [-0.2, -0.15) is 0 Å². The van der Waals surface area contributed by atoms with Gasteiger partial charge in [0.2, 0.25) is 0 Å². The summed E-state index contributed by atoms with van der Waals surface area (Å²) in [7, 11) is 0. The first-order valence-electron chi connectivity index (χ1n) is 11.0. The maximum Gasteiger partial charge on any atom is 0.0271 e. The molecule has 3 aliphatic rings. The molecule has 0 radical (unpaired) electrons. The summed E-state index contributed by atoms with van der Waals surface area (Å²) in [5, 5.41) is 0. The van der Waals surface area contributed by atoms with Gasteiger partial charge in [-0.1, -0.05) is 86.6 Å². The van der Waals surface area contributed by atoms with Crippen LogP contribution in [-0.4, -0.2) is 0 Å². The van der Waals surface area contributed by atoms with E-state index in [9.17, 15) is 0 Å². The molecule has 0 heteroatoms. The molecule has 0 amide bonds. The second-order valence-electron chi connectivity index (χ2n) is 9.13. The first-order chi connectivity index (χ1) is 12.8. The molecule has 0 atom stereocenters.